The zero-order valence-corrected chi connectivity index (χ0v) is 13.1. The first-order valence-electron chi connectivity index (χ1n) is 7.62. The zero-order valence-electron chi connectivity index (χ0n) is 13.1. The standard InChI is InChI=1S/C17H19N3O4/c1-2-10-18-16(21)14-8-3-4-9-15(14)17(22)19-12-6-5-7-13(11-12)20(23)24/h2-7,11,14-15H,1,8-10H2,(H,18,21)(H,19,22). The molecule has 0 aliphatic heterocycles. The van der Waals surface area contributed by atoms with E-state index in [1.807, 2.05) is 12.2 Å². The van der Waals surface area contributed by atoms with E-state index in [-0.39, 0.29) is 17.5 Å². The third-order valence-electron chi connectivity index (χ3n) is 3.85. The summed E-state index contributed by atoms with van der Waals surface area (Å²) in [5, 5.41) is 16.2. The van der Waals surface area contributed by atoms with Crippen LogP contribution >= 0.6 is 0 Å². The Morgan fingerprint density at radius 2 is 1.92 bits per heavy atom. The summed E-state index contributed by atoms with van der Waals surface area (Å²) in [6, 6.07) is 5.73. The van der Waals surface area contributed by atoms with Gasteiger partial charge in [0.1, 0.15) is 0 Å². The first kappa shape index (κ1) is 17.4. The van der Waals surface area contributed by atoms with E-state index in [0.717, 1.165) is 0 Å². The summed E-state index contributed by atoms with van der Waals surface area (Å²) in [5.41, 5.74) is 0.241. The highest BCUT2D eigenvalue weighted by molar-refractivity contribution is 5.96. The Kier molecular flexibility index (Phi) is 5.83. The fourth-order valence-corrected chi connectivity index (χ4v) is 2.63. The number of anilines is 1. The molecule has 2 N–H and O–H groups in total. The van der Waals surface area contributed by atoms with Crippen LogP contribution in [0.15, 0.2) is 49.1 Å². The summed E-state index contributed by atoms with van der Waals surface area (Å²) < 4.78 is 0. The second-order valence-corrected chi connectivity index (χ2v) is 5.49. The summed E-state index contributed by atoms with van der Waals surface area (Å²) in [7, 11) is 0. The van der Waals surface area contributed by atoms with Crippen LogP contribution in [0, 0.1) is 22.0 Å². The SMILES string of the molecule is C=CCNC(=O)C1CC=CCC1C(=O)Nc1cccc([N+](=O)[O-])c1. The number of amides is 2. The average molecular weight is 329 g/mol. The molecule has 0 fully saturated rings. The number of nitrogens with zero attached hydrogens (tertiary/aromatic N) is 1. The van der Waals surface area contributed by atoms with Gasteiger partial charge in [0.15, 0.2) is 0 Å². The minimum atomic E-state index is -0.523. The molecule has 2 atom stereocenters. The van der Waals surface area contributed by atoms with E-state index in [0.29, 0.717) is 25.1 Å². The van der Waals surface area contributed by atoms with E-state index in [4.69, 9.17) is 0 Å². The molecule has 0 saturated heterocycles. The first-order chi connectivity index (χ1) is 11.5. The Morgan fingerprint density at radius 3 is 2.54 bits per heavy atom. The van der Waals surface area contributed by atoms with Crippen LogP contribution in [-0.2, 0) is 9.59 Å². The molecular weight excluding hydrogens is 310 g/mol. The second-order valence-electron chi connectivity index (χ2n) is 5.49. The molecule has 0 heterocycles. The van der Waals surface area contributed by atoms with Gasteiger partial charge in [-0.3, -0.25) is 19.7 Å². The van der Waals surface area contributed by atoms with Crippen molar-refractivity contribution in [3.05, 3.63) is 59.2 Å². The van der Waals surface area contributed by atoms with Crippen molar-refractivity contribution < 1.29 is 14.5 Å². The number of nitro groups is 1. The molecule has 7 nitrogen and oxygen atoms in total. The van der Waals surface area contributed by atoms with Gasteiger partial charge in [-0.05, 0) is 18.9 Å². The lowest BCUT2D eigenvalue weighted by molar-refractivity contribution is -0.384. The number of rotatable bonds is 6. The minimum Gasteiger partial charge on any atom is -0.352 e. The fourth-order valence-electron chi connectivity index (χ4n) is 2.63. The highest BCUT2D eigenvalue weighted by atomic mass is 16.6. The fraction of sp³-hybridized carbons (Fsp3) is 0.294. The molecule has 7 heteroatoms. The van der Waals surface area contributed by atoms with Crippen LogP contribution in [0.3, 0.4) is 0 Å². The zero-order chi connectivity index (χ0) is 17.5. The quantitative estimate of drug-likeness (QED) is 0.475. The van der Waals surface area contributed by atoms with Gasteiger partial charge in [0.2, 0.25) is 11.8 Å². The molecular formula is C17H19N3O4. The number of hydrogen-bond acceptors (Lipinski definition) is 4. The first-order valence-corrected chi connectivity index (χ1v) is 7.62. The third kappa shape index (κ3) is 4.28. The van der Waals surface area contributed by atoms with E-state index in [1.54, 1.807) is 12.1 Å². The van der Waals surface area contributed by atoms with Crippen molar-refractivity contribution in [3.63, 3.8) is 0 Å². The van der Waals surface area contributed by atoms with Gasteiger partial charge in [0, 0.05) is 24.4 Å². The van der Waals surface area contributed by atoms with Gasteiger partial charge in [0.25, 0.3) is 5.69 Å². The van der Waals surface area contributed by atoms with Crippen molar-refractivity contribution >= 4 is 23.2 Å². The Bertz CT molecular complexity index is 684. The van der Waals surface area contributed by atoms with Gasteiger partial charge in [-0.25, -0.2) is 0 Å². The molecule has 0 radical (unpaired) electrons. The minimum absolute atomic E-state index is 0.100. The normalized spacial score (nSPS) is 19.3. The Balaban J connectivity index is 2.10. The topological polar surface area (TPSA) is 101 Å². The molecule has 126 valence electrons. The van der Waals surface area contributed by atoms with Gasteiger partial charge < -0.3 is 10.6 Å². The molecule has 1 aliphatic rings. The molecule has 0 spiro atoms. The van der Waals surface area contributed by atoms with E-state index in [1.165, 1.54) is 18.2 Å². The molecule has 2 unspecified atom stereocenters. The smallest absolute Gasteiger partial charge is 0.271 e. The van der Waals surface area contributed by atoms with E-state index in [9.17, 15) is 19.7 Å². The highest BCUT2D eigenvalue weighted by Crippen LogP contribution is 2.28. The number of carbonyl (C=O) groups is 2. The Labute approximate surface area is 139 Å². The maximum absolute atomic E-state index is 12.5. The van der Waals surface area contributed by atoms with Crippen LogP contribution in [0.4, 0.5) is 11.4 Å². The average Bonchev–Trinajstić information content (AvgIpc) is 2.59. The van der Waals surface area contributed by atoms with Crippen LogP contribution in [0.5, 0.6) is 0 Å². The Morgan fingerprint density at radius 1 is 1.25 bits per heavy atom. The van der Waals surface area contributed by atoms with Crippen molar-refractivity contribution in [1.29, 1.82) is 0 Å². The summed E-state index contributed by atoms with van der Waals surface area (Å²) in [4.78, 5) is 35.0. The van der Waals surface area contributed by atoms with Gasteiger partial charge in [-0.1, -0.05) is 24.3 Å². The molecule has 1 aromatic rings. The summed E-state index contributed by atoms with van der Waals surface area (Å²) in [6.45, 7) is 3.89. The van der Waals surface area contributed by atoms with Crippen molar-refractivity contribution in [2.24, 2.45) is 11.8 Å². The Hall–Kier alpha value is -2.96. The molecule has 0 bridgehead atoms. The number of allylic oxidation sites excluding steroid dienone is 2. The number of non-ortho nitro benzene ring substituents is 1. The summed E-state index contributed by atoms with van der Waals surface area (Å²) in [6.07, 6.45) is 6.27. The van der Waals surface area contributed by atoms with Crippen molar-refractivity contribution in [1.82, 2.24) is 5.32 Å². The molecule has 24 heavy (non-hydrogen) atoms. The number of hydrogen-bond donors (Lipinski definition) is 2. The van der Waals surface area contributed by atoms with Crippen LogP contribution in [0.2, 0.25) is 0 Å². The molecule has 1 aromatic carbocycles. The third-order valence-corrected chi connectivity index (χ3v) is 3.85. The maximum Gasteiger partial charge on any atom is 0.271 e. The predicted octanol–water partition coefficient (Wildman–Crippen LogP) is 2.42. The van der Waals surface area contributed by atoms with Crippen molar-refractivity contribution in [2.75, 3.05) is 11.9 Å². The van der Waals surface area contributed by atoms with Gasteiger partial charge in [0.05, 0.1) is 16.8 Å². The lowest BCUT2D eigenvalue weighted by Gasteiger charge is -2.26. The molecule has 0 aromatic heterocycles. The van der Waals surface area contributed by atoms with Crippen molar-refractivity contribution in [2.45, 2.75) is 12.8 Å². The van der Waals surface area contributed by atoms with E-state index in [2.05, 4.69) is 17.2 Å². The predicted molar refractivity (Wildman–Crippen MR) is 90.3 cm³/mol. The van der Waals surface area contributed by atoms with Gasteiger partial charge >= 0.3 is 0 Å². The molecule has 0 saturated carbocycles. The van der Waals surface area contributed by atoms with Gasteiger partial charge in [-0.2, -0.15) is 0 Å². The van der Waals surface area contributed by atoms with E-state index >= 15 is 0 Å². The molecule has 2 rings (SSSR count). The number of nitro benzene ring substituents is 1. The summed E-state index contributed by atoms with van der Waals surface area (Å²) in [5.74, 6) is -1.50. The van der Waals surface area contributed by atoms with Crippen LogP contribution in [-0.4, -0.2) is 23.3 Å². The van der Waals surface area contributed by atoms with Crippen LogP contribution in [0.1, 0.15) is 12.8 Å². The number of carbonyl (C=O) groups excluding carboxylic acids is 2. The molecule has 2 amide bonds. The van der Waals surface area contributed by atoms with Crippen molar-refractivity contribution in [3.8, 4) is 0 Å². The van der Waals surface area contributed by atoms with Gasteiger partial charge in [-0.15, -0.1) is 6.58 Å². The second kappa shape index (κ2) is 8.05. The monoisotopic (exact) mass is 329 g/mol. The largest absolute Gasteiger partial charge is 0.352 e. The van der Waals surface area contributed by atoms with Crippen LogP contribution < -0.4 is 10.6 Å². The lowest BCUT2D eigenvalue weighted by atomic mass is 9.81. The number of benzene rings is 1. The summed E-state index contributed by atoms with van der Waals surface area (Å²) >= 11 is 0. The van der Waals surface area contributed by atoms with Crippen LogP contribution in [0.25, 0.3) is 0 Å². The lowest BCUT2D eigenvalue weighted by Crippen LogP contribution is -2.40. The number of nitrogens with one attached hydrogen (secondary N) is 2. The highest BCUT2D eigenvalue weighted by Gasteiger charge is 2.33. The maximum atomic E-state index is 12.5. The van der Waals surface area contributed by atoms with E-state index < -0.39 is 16.8 Å². The molecule has 1 aliphatic carbocycles.